The van der Waals surface area contributed by atoms with Crippen molar-refractivity contribution in [3.63, 3.8) is 0 Å². The van der Waals surface area contributed by atoms with Crippen LogP contribution in [0, 0.1) is 6.92 Å². The number of alkyl halides is 3. The molecule has 2 N–H and O–H groups in total. The van der Waals surface area contributed by atoms with Gasteiger partial charge in [0.25, 0.3) is 0 Å². The maximum atomic E-state index is 13.1. The van der Waals surface area contributed by atoms with Gasteiger partial charge in [0.05, 0.1) is 10.5 Å². The predicted molar refractivity (Wildman–Crippen MR) is 113 cm³/mol. The molecular weight excluding hydrogens is 443 g/mol. The van der Waals surface area contributed by atoms with Crippen LogP contribution in [0.4, 0.5) is 24.8 Å². The molecule has 0 unspecified atom stereocenters. The zero-order valence-corrected chi connectivity index (χ0v) is 18.0. The van der Waals surface area contributed by atoms with E-state index in [0.29, 0.717) is 29.8 Å². The summed E-state index contributed by atoms with van der Waals surface area (Å²) < 4.78 is 66.5. The molecule has 1 saturated heterocycles. The van der Waals surface area contributed by atoms with Crippen molar-refractivity contribution in [1.82, 2.24) is 19.5 Å². The van der Waals surface area contributed by atoms with Crippen molar-refractivity contribution in [2.75, 3.05) is 18.4 Å². The van der Waals surface area contributed by atoms with Crippen LogP contribution in [0.15, 0.2) is 53.4 Å². The lowest BCUT2D eigenvalue weighted by Crippen LogP contribution is -2.39. The number of hydrogen-bond donors (Lipinski definition) is 2. The van der Waals surface area contributed by atoms with Gasteiger partial charge < -0.3 is 5.32 Å². The average molecular weight is 466 g/mol. The number of anilines is 2. The van der Waals surface area contributed by atoms with Crippen LogP contribution in [0.5, 0.6) is 0 Å². The Labute approximate surface area is 183 Å². The van der Waals surface area contributed by atoms with Gasteiger partial charge >= 0.3 is 6.18 Å². The minimum Gasteiger partial charge on any atom is -0.323 e. The number of aromatic amines is 1. The molecule has 3 aromatic rings. The molecule has 7 nitrogen and oxygen atoms in total. The van der Waals surface area contributed by atoms with E-state index in [9.17, 15) is 21.6 Å². The molecule has 1 aliphatic rings. The number of benzene rings is 1. The first-order valence-electron chi connectivity index (χ1n) is 10.1. The lowest BCUT2D eigenvalue weighted by atomic mass is 9.95. The number of sulfonamides is 1. The number of halogens is 3. The topological polar surface area (TPSA) is 91.0 Å². The van der Waals surface area contributed by atoms with Gasteiger partial charge in [-0.25, -0.2) is 13.4 Å². The number of aromatic nitrogens is 3. The SMILES string of the molecule is Cc1cc(Nc2cccc([C@@H]3CCCN(S(=O)(=O)c4cccc(C(F)(F)F)c4)C3)n2)n[nH]1. The molecule has 3 heterocycles. The van der Waals surface area contributed by atoms with Crippen LogP contribution in [-0.4, -0.2) is 41.0 Å². The molecule has 1 aliphatic heterocycles. The second-order valence-corrected chi connectivity index (χ2v) is 9.67. The molecule has 170 valence electrons. The summed E-state index contributed by atoms with van der Waals surface area (Å²) in [5.74, 6) is 1.02. The summed E-state index contributed by atoms with van der Waals surface area (Å²) in [6.45, 7) is 2.28. The van der Waals surface area contributed by atoms with Crippen molar-refractivity contribution < 1.29 is 21.6 Å². The number of hydrogen-bond acceptors (Lipinski definition) is 5. The van der Waals surface area contributed by atoms with E-state index in [1.165, 1.54) is 10.4 Å². The third kappa shape index (κ3) is 4.78. The summed E-state index contributed by atoms with van der Waals surface area (Å²) in [6, 6.07) is 11.1. The fourth-order valence-electron chi connectivity index (χ4n) is 3.75. The van der Waals surface area contributed by atoms with E-state index < -0.39 is 21.8 Å². The number of nitrogens with one attached hydrogen (secondary N) is 2. The molecule has 1 fully saturated rings. The number of piperidine rings is 1. The molecule has 0 bridgehead atoms. The molecule has 1 aromatic carbocycles. The number of nitrogens with zero attached hydrogens (tertiary/aromatic N) is 3. The smallest absolute Gasteiger partial charge is 0.323 e. The minimum atomic E-state index is -4.61. The third-order valence-corrected chi connectivity index (χ3v) is 7.20. The fraction of sp³-hybridized carbons (Fsp3) is 0.333. The van der Waals surface area contributed by atoms with E-state index in [1.807, 2.05) is 25.1 Å². The zero-order valence-electron chi connectivity index (χ0n) is 17.2. The maximum Gasteiger partial charge on any atom is 0.416 e. The Morgan fingerprint density at radius 2 is 1.91 bits per heavy atom. The van der Waals surface area contributed by atoms with Crippen molar-refractivity contribution >= 4 is 21.7 Å². The zero-order chi connectivity index (χ0) is 22.9. The molecule has 2 aromatic heterocycles. The highest BCUT2D eigenvalue weighted by Crippen LogP contribution is 2.33. The van der Waals surface area contributed by atoms with E-state index in [-0.39, 0.29) is 23.9 Å². The highest BCUT2D eigenvalue weighted by atomic mass is 32.2. The molecule has 0 amide bonds. The van der Waals surface area contributed by atoms with Gasteiger partial charge in [-0.3, -0.25) is 5.10 Å². The van der Waals surface area contributed by atoms with Crippen molar-refractivity contribution in [1.29, 1.82) is 0 Å². The Morgan fingerprint density at radius 1 is 1.12 bits per heavy atom. The Bertz CT molecular complexity index is 1210. The van der Waals surface area contributed by atoms with Gasteiger partial charge in [-0.15, -0.1) is 0 Å². The van der Waals surface area contributed by atoms with E-state index in [4.69, 9.17) is 0 Å². The number of H-pyrrole nitrogens is 1. The number of rotatable bonds is 5. The number of aryl methyl sites for hydroxylation is 1. The van der Waals surface area contributed by atoms with Gasteiger partial charge in [0, 0.05) is 36.5 Å². The molecule has 0 radical (unpaired) electrons. The highest BCUT2D eigenvalue weighted by molar-refractivity contribution is 7.89. The summed E-state index contributed by atoms with van der Waals surface area (Å²) in [5, 5.41) is 10.0. The van der Waals surface area contributed by atoms with Crippen LogP contribution in [0.3, 0.4) is 0 Å². The predicted octanol–water partition coefficient (Wildman–Crippen LogP) is 4.44. The first-order chi connectivity index (χ1) is 15.1. The van der Waals surface area contributed by atoms with Crippen molar-refractivity contribution in [2.45, 2.75) is 36.8 Å². The standard InChI is InChI=1S/C21H22F3N5O2S/c1-14-11-20(28-27-14)26-19-9-3-8-18(25-19)15-5-4-10-29(13-15)32(30,31)17-7-2-6-16(12-17)21(22,23)24/h2-3,6-9,11-12,15H,4-5,10,13H2,1H3,(H2,25,26,27,28)/t15-/m1/s1. The van der Waals surface area contributed by atoms with Crippen LogP contribution in [0.25, 0.3) is 0 Å². The Hall–Kier alpha value is -2.92. The van der Waals surface area contributed by atoms with Crippen LogP contribution >= 0.6 is 0 Å². The van der Waals surface area contributed by atoms with Gasteiger partial charge in [-0.2, -0.15) is 22.6 Å². The Kier molecular flexibility index (Phi) is 5.95. The first kappa shape index (κ1) is 22.3. The van der Waals surface area contributed by atoms with Gasteiger partial charge in [0.15, 0.2) is 5.82 Å². The molecule has 0 spiro atoms. The molecular formula is C21H22F3N5O2S. The molecule has 1 atom stereocenters. The third-order valence-electron chi connectivity index (χ3n) is 5.33. The lowest BCUT2D eigenvalue weighted by Gasteiger charge is -2.32. The normalized spacial score (nSPS) is 17.9. The van der Waals surface area contributed by atoms with Crippen LogP contribution in [-0.2, 0) is 16.2 Å². The lowest BCUT2D eigenvalue weighted by molar-refractivity contribution is -0.137. The van der Waals surface area contributed by atoms with Crippen LogP contribution in [0.1, 0.15) is 35.7 Å². The largest absolute Gasteiger partial charge is 0.416 e. The monoisotopic (exact) mass is 465 g/mol. The summed E-state index contributed by atoms with van der Waals surface area (Å²) in [4.78, 5) is 4.25. The maximum absolute atomic E-state index is 13.1. The van der Waals surface area contributed by atoms with Crippen molar-refractivity contribution in [3.05, 3.63) is 65.5 Å². The Morgan fingerprint density at radius 3 is 2.62 bits per heavy atom. The van der Waals surface area contributed by atoms with Crippen molar-refractivity contribution in [3.8, 4) is 0 Å². The average Bonchev–Trinajstić information content (AvgIpc) is 3.18. The van der Waals surface area contributed by atoms with Crippen molar-refractivity contribution in [2.24, 2.45) is 0 Å². The minimum absolute atomic E-state index is 0.149. The van der Waals surface area contributed by atoms with E-state index >= 15 is 0 Å². The summed E-state index contributed by atoms with van der Waals surface area (Å²) in [7, 11) is -4.07. The quantitative estimate of drug-likeness (QED) is 0.581. The summed E-state index contributed by atoms with van der Waals surface area (Å²) >= 11 is 0. The second-order valence-electron chi connectivity index (χ2n) is 7.74. The second kappa shape index (κ2) is 8.55. The summed E-state index contributed by atoms with van der Waals surface area (Å²) in [5.41, 5.74) is 0.624. The van der Waals surface area contributed by atoms with Crippen LogP contribution in [0.2, 0.25) is 0 Å². The van der Waals surface area contributed by atoms with E-state index in [0.717, 1.165) is 24.2 Å². The fourth-order valence-corrected chi connectivity index (χ4v) is 5.32. The van der Waals surface area contributed by atoms with E-state index in [2.05, 4.69) is 20.5 Å². The van der Waals surface area contributed by atoms with Crippen LogP contribution < -0.4 is 5.32 Å². The first-order valence-corrected chi connectivity index (χ1v) is 11.5. The van der Waals surface area contributed by atoms with Gasteiger partial charge in [0.1, 0.15) is 5.82 Å². The Balaban J connectivity index is 1.54. The molecule has 0 aliphatic carbocycles. The molecule has 4 rings (SSSR count). The molecule has 11 heteroatoms. The molecule has 32 heavy (non-hydrogen) atoms. The molecule has 0 saturated carbocycles. The van der Waals surface area contributed by atoms with Gasteiger partial charge in [-0.1, -0.05) is 12.1 Å². The van der Waals surface area contributed by atoms with E-state index in [1.54, 1.807) is 6.07 Å². The highest BCUT2D eigenvalue weighted by Gasteiger charge is 2.35. The summed E-state index contributed by atoms with van der Waals surface area (Å²) in [6.07, 6.45) is -3.30. The van der Waals surface area contributed by atoms with Gasteiger partial charge in [-0.05, 0) is 50.1 Å². The number of pyridine rings is 1. The van der Waals surface area contributed by atoms with Gasteiger partial charge in [0.2, 0.25) is 10.0 Å².